The lowest BCUT2D eigenvalue weighted by Gasteiger charge is -2.14. The van der Waals surface area contributed by atoms with Crippen LogP contribution in [0.3, 0.4) is 0 Å². The first-order valence-electron chi connectivity index (χ1n) is 4.87. The number of benzene rings is 1. The van der Waals surface area contributed by atoms with E-state index in [0.29, 0.717) is 5.75 Å². The molecular weight excluding hydrogens is 228 g/mol. The van der Waals surface area contributed by atoms with Crippen molar-refractivity contribution < 1.29 is 13.2 Å². The van der Waals surface area contributed by atoms with Gasteiger partial charge in [0.1, 0.15) is 11.9 Å². The molecule has 0 amide bonds. The van der Waals surface area contributed by atoms with Gasteiger partial charge in [0.15, 0.2) is 0 Å². The zero-order valence-electron chi connectivity index (χ0n) is 9.30. The topological polar surface area (TPSA) is 81.4 Å². The monoisotopic (exact) mass is 244 g/mol. The molecule has 0 aliphatic carbocycles. The Labute approximate surface area is 95.7 Å². The van der Waals surface area contributed by atoms with Gasteiger partial charge in [-0.05, 0) is 38.2 Å². The van der Waals surface area contributed by atoms with Gasteiger partial charge in [0.05, 0.1) is 4.90 Å². The van der Waals surface area contributed by atoms with Crippen LogP contribution >= 0.6 is 0 Å². The van der Waals surface area contributed by atoms with Gasteiger partial charge in [-0.25, -0.2) is 13.6 Å². The molecule has 6 heteroatoms. The Morgan fingerprint density at radius 3 is 2.38 bits per heavy atom. The minimum absolute atomic E-state index is 0.0188. The van der Waals surface area contributed by atoms with Gasteiger partial charge in [0.25, 0.3) is 0 Å². The summed E-state index contributed by atoms with van der Waals surface area (Å²) in [4.78, 5) is 0.0844. The highest BCUT2D eigenvalue weighted by atomic mass is 32.2. The largest absolute Gasteiger partial charge is 0.489 e. The number of sulfonamides is 1. The van der Waals surface area contributed by atoms with Gasteiger partial charge in [-0.3, -0.25) is 0 Å². The number of hydrogen-bond donors (Lipinski definition) is 2. The fourth-order valence-electron chi connectivity index (χ4n) is 1.27. The molecule has 0 spiro atoms. The summed E-state index contributed by atoms with van der Waals surface area (Å²) in [7, 11) is -1.79. The molecular formula is C10H16N2O3S. The third-order valence-electron chi connectivity index (χ3n) is 1.98. The molecule has 0 aromatic heterocycles. The van der Waals surface area contributed by atoms with Crippen LogP contribution in [0.15, 0.2) is 29.2 Å². The van der Waals surface area contributed by atoms with Crippen molar-refractivity contribution in [2.75, 3.05) is 13.6 Å². The summed E-state index contributed by atoms with van der Waals surface area (Å²) in [6.07, 6.45) is 0.0188. The first-order valence-corrected chi connectivity index (χ1v) is 6.42. The van der Waals surface area contributed by atoms with E-state index < -0.39 is 10.0 Å². The van der Waals surface area contributed by atoms with E-state index in [-0.39, 0.29) is 11.0 Å². The molecule has 1 aromatic carbocycles. The highest BCUT2D eigenvalue weighted by molar-refractivity contribution is 7.89. The second kappa shape index (κ2) is 5.29. The van der Waals surface area contributed by atoms with Crippen LogP contribution in [0.1, 0.15) is 6.92 Å². The molecule has 0 fully saturated rings. The highest BCUT2D eigenvalue weighted by Crippen LogP contribution is 2.15. The zero-order valence-corrected chi connectivity index (χ0v) is 10.1. The maximum Gasteiger partial charge on any atom is 0.238 e. The van der Waals surface area contributed by atoms with Crippen molar-refractivity contribution in [1.82, 2.24) is 5.32 Å². The Bertz CT molecular complexity index is 428. The van der Waals surface area contributed by atoms with E-state index >= 15 is 0 Å². The van der Waals surface area contributed by atoms with Crippen molar-refractivity contribution in [2.24, 2.45) is 5.14 Å². The lowest BCUT2D eigenvalue weighted by molar-refractivity contribution is 0.220. The molecule has 0 radical (unpaired) electrons. The molecule has 0 aliphatic heterocycles. The zero-order chi connectivity index (χ0) is 12.2. The molecule has 0 bridgehead atoms. The maximum atomic E-state index is 11.0. The predicted molar refractivity (Wildman–Crippen MR) is 61.8 cm³/mol. The fraction of sp³-hybridized carbons (Fsp3) is 0.400. The van der Waals surface area contributed by atoms with Crippen molar-refractivity contribution >= 4 is 10.0 Å². The quantitative estimate of drug-likeness (QED) is 0.781. The van der Waals surface area contributed by atoms with Crippen LogP contribution in [0.25, 0.3) is 0 Å². The van der Waals surface area contributed by atoms with Gasteiger partial charge in [0.2, 0.25) is 10.0 Å². The smallest absolute Gasteiger partial charge is 0.238 e. The number of nitrogens with two attached hydrogens (primary N) is 1. The van der Waals surface area contributed by atoms with E-state index in [4.69, 9.17) is 9.88 Å². The van der Waals surface area contributed by atoms with Gasteiger partial charge in [-0.15, -0.1) is 0 Å². The SMILES string of the molecule is CNCC(C)Oc1ccc(S(N)(=O)=O)cc1. The van der Waals surface area contributed by atoms with Crippen molar-refractivity contribution in [3.8, 4) is 5.75 Å². The van der Waals surface area contributed by atoms with Gasteiger partial charge in [-0.1, -0.05) is 0 Å². The average molecular weight is 244 g/mol. The number of hydrogen-bond acceptors (Lipinski definition) is 4. The average Bonchev–Trinajstić information content (AvgIpc) is 2.17. The normalized spacial score (nSPS) is 13.4. The number of nitrogens with one attached hydrogen (secondary N) is 1. The molecule has 0 saturated heterocycles. The first kappa shape index (κ1) is 13.0. The predicted octanol–water partition coefficient (Wildman–Crippen LogP) is 0.321. The molecule has 0 heterocycles. The highest BCUT2D eigenvalue weighted by Gasteiger charge is 2.08. The summed E-state index contributed by atoms with van der Waals surface area (Å²) in [6, 6.07) is 6.03. The first-order chi connectivity index (χ1) is 7.43. The van der Waals surface area contributed by atoms with Crippen LogP contribution in [0.2, 0.25) is 0 Å². The van der Waals surface area contributed by atoms with Crippen molar-refractivity contribution in [1.29, 1.82) is 0 Å². The van der Waals surface area contributed by atoms with E-state index in [0.717, 1.165) is 6.54 Å². The molecule has 90 valence electrons. The summed E-state index contributed by atoms with van der Waals surface area (Å²) in [6.45, 7) is 2.64. The van der Waals surface area contributed by atoms with Gasteiger partial charge in [-0.2, -0.15) is 0 Å². The minimum atomic E-state index is -3.63. The van der Waals surface area contributed by atoms with E-state index in [9.17, 15) is 8.42 Å². The van der Waals surface area contributed by atoms with E-state index in [1.807, 2.05) is 14.0 Å². The van der Waals surface area contributed by atoms with Crippen LogP contribution in [0.4, 0.5) is 0 Å². The number of rotatable bonds is 5. The second-order valence-electron chi connectivity index (χ2n) is 3.50. The number of likely N-dealkylation sites (N-methyl/N-ethyl adjacent to an activating group) is 1. The van der Waals surface area contributed by atoms with Crippen LogP contribution < -0.4 is 15.2 Å². The lowest BCUT2D eigenvalue weighted by Crippen LogP contribution is -2.26. The lowest BCUT2D eigenvalue weighted by atomic mass is 10.3. The Balaban J connectivity index is 2.72. The van der Waals surface area contributed by atoms with Gasteiger partial charge < -0.3 is 10.1 Å². The fourth-order valence-corrected chi connectivity index (χ4v) is 1.78. The molecule has 1 unspecified atom stereocenters. The Hall–Kier alpha value is -1.11. The number of primary sulfonamides is 1. The standard InChI is InChI=1S/C10H16N2O3S/c1-8(7-12-2)15-9-3-5-10(6-4-9)16(11,13)14/h3-6,8,12H,7H2,1-2H3,(H2,11,13,14). The molecule has 5 nitrogen and oxygen atoms in total. The molecule has 3 N–H and O–H groups in total. The van der Waals surface area contributed by atoms with Crippen LogP contribution in [-0.2, 0) is 10.0 Å². The van der Waals surface area contributed by atoms with Crippen LogP contribution in [0, 0.1) is 0 Å². The van der Waals surface area contributed by atoms with E-state index in [2.05, 4.69) is 5.32 Å². The van der Waals surface area contributed by atoms with Crippen molar-refractivity contribution in [3.63, 3.8) is 0 Å². The van der Waals surface area contributed by atoms with Crippen molar-refractivity contribution in [3.05, 3.63) is 24.3 Å². The molecule has 0 aliphatic rings. The maximum absolute atomic E-state index is 11.0. The van der Waals surface area contributed by atoms with E-state index in [1.54, 1.807) is 12.1 Å². The molecule has 0 saturated carbocycles. The number of ether oxygens (including phenoxy) is 1. The summed E-state index contributed by atoms with van der Waals surface area (Å²) < 4.78 is 27.5. The summed E-state index contributed by atoms with van der Waals surface area (Å²) in [5.41, 5.74) is 0. The molecule has 1 atom stereocenters. The van der Waals surface area contributed by atoms with Crippen LogP contribution in [0.5, 0.6) is 5.75 Å². The van der Waals surface area contributed by atoms with E-state index in [1.165, 1.54) is 12.1 Å². The molecule has 1 rings (SSSR count). The summed E-state index contributed by atoms with van der Waals surface area (Å²) in [5.74, 6) is 0.621. The van der Waals surface area contributed by atoms with Crippen molar-refractivity contribution in [2.45, 2.75) is 17.9 Å². The molecule has 1 aromatic rings. The molecule has 16 heavy (non-hydrogen) atoms. The Kier molecular flexibility index (Phi) is 4.28. The third kappa shape index (κ3) is 3.80. The Morgan fingerprint density at radius 2 is 1.94 bits per heavy atom. The van der Waals surface area contributed by atoms with Crippen LogP contribution in [-0.4, -0.2) is 28.1 Å². The third-order valence-corrected chi connectivity index (χ3v) is 2.91. The summed E-state index contributed by atoms with van der Waals surface area (Å²) >= 11 is 0. The minimum Gasteiger partial charge on any atom is -0.489 e. The summed E-state index contributed by atoms with van der Waals surface area (Å²) in [5, 5.41) is 7.96. The van der Waals surface area contributed by atoms with Gasteiger partial charge in [0, 0.05) is 6.54 Å². The van der Waals surface area contributed by atoms with Gasteiger partial charge >= 0.3 is 0 Å². The second-order valence-corrected chi connectivity index (χ2v) is 5.06. The Morgan fingerprint density at radius 1 is 1.38 bits per heavy atom.